The van der Waals surface area contributed by atoms with E-state index >= 15 is 0 Å². The predicted octanol–water partition coefficient (Wildman–Crippen LogP) is 2.67. The Morgan fingerprint density at radius 2 is 1.78 bits per heavy atom. The number of halogens is 1. The van der Waals surface area contributed by atoms with E-state index in [0.717, 1.165) is 0 Å². The van der Waals surface area contributed by atoms with Crippen molar-refractivity contribution in [1.82, 2.24) is 0 Å². The van der Waals surface area contributed by atoms with Crippen LogP contribution < -0.4 is 5.73 Å². The van der Waals surface area contributed by atoms with Gasteiger partial charge in [0.15, 0.2) is 0 Å². The largest absolute Gasteiger partial charge is 0.617 e. The zero-order chi connectivity index (χ0) is 17.4. The van der Waals surface area contributed by atoms with Crippen molar-refractivity contribution in [2.45, 2.75) is 15.5 Å². The standard InChI is InChI=1S/C13H12FNO2S2.C2H6OS/c14-10-3-1-2-4-12(10)18-13-6-5-9(7-11(13)15)8-19(16)17;1-4(2)3/h1-7,19H,8,15H2;1-2H3. The third-order valence-corrected chi connectivity index (χ3v) is 4.21. The molecule has 0 saturated heterocycles. The third-order valence-electron chi connectivity index (χ3n) is 2.44. The Kier molecular flexibility index (Phi) is 8.46. The topological polar surface area (TPSA) is 83.2 Å². The third kappa shape index (κ3) is 7.74. The minimum Gasteiger partial charge on any atom is -0.617 e. The fourth-order valence-electron chi connectivity index (χ4n) is 1.58. The lowest BCUT2D eigenvalue weighted by Crippen LogP contribution is -1.93. The molecule has 0 atom stereocenters. The number of nitrogens with two attached hydrogens (primary N) is 1. The second kappa shape index (κ2) is 9.82. The van der Waals surface area contributed by atoms with Crippen molar-refractivity contribution in [2.75, 3.05) is 18.2 Å². The van der Waals surface area contributed by atoms with Gasteiger partial charge in [0.25, 0.3) is 0 Å². The minimum absolute atomic E-state index is 0.0375. The highest BCUT2D eigenvalue weighted by Crippen LogP contribution is 2.33. The first-order valence-electron chi connectivity index (χ1n) is 6.47. The maximum absolute atomic E-state index is 13.5. The molecule has 2 rings (SSSR count). The van der Waals surface area contributed by atoms with Crippen LogP contribution in [0.15, 0.2) is 52.3 Å². The number of thiol groups is 1. The molecule has 4 nitrogen and oxygen atoms in total. The maximum atomic E-state index is 13.5. The van der Waals surface area contributed by atoms with Gasteiger partial charge in [-0.25, -0.2) is 12.8 Å². The van der Waals surface area contributed by atoms with Crippen molar-refractivity contribution in [2.24, 2.45) is 0 Å². The van der Waals surface area contributed by atoms with Crippen LogP contribution in [0.5, 0.6) is 0 Å². The lowest BCUT2D eigenvalue weighted by atomic mass is 10.2. The SMILES string of the molecule is C[S+](C)[O-].Nc1cc(C[SH](=O)=O)ccc1Sc1ccccc1F. The molecule has 0 radical (unpaired) electrons. The lowest BCUT2D eigenvalue weighted by Gasteiger charge is -2.07. The summed E-state index contributed by atoms with van der Waals surface area (Å²) in [6, 6.07) is 11.4. The summed E-state index contributed by atoms with van der Waals surface area (Å²) in [6.07, 6.45) is 3.28. The summed E-state index contributed by atoms with van der Waals surface area (Å²) in [5.74, 6) is -0.344. The highest BCUT2D eigenvalue weighted by atomic mass is 32.2. The Hall–Kier alpha value is -1.22. The van der Waals surface area contributed by atoms with Gasteiger partial charge in [-0.3, -0.25) is 0 Å². The Morgan fingerprint density at radius 3 is 2.30 bits per heavy atom. The fourth-order valence-corrected chi connectivity index (χ4v) is 2.94. The second-order valence-electron chi connectivity index (χ2n) is 4.64. The molecule has 23 heavy (non-hydrogen) atoms. The summed E-state index contributed by atoms with van der Waals surface area (Å²) < 4.78 is 44.4. The quantitative estimate of drug-likeness (QED) is 0.488. The highest BCUT2D eigenvalue weighted by Gasteiger charge is 2.07. The molecule has 0 aromatic heterocycles. The van der Waals surface area contributed by atoms with E-state index in [4.69, 9.17) is 5.73 Å². The maximum Gasteiger partial charge on any atom is 0.144 e. The minimum atomic E-state index is -2.47. The van der Waals surface area contributed by atoms with Crippen LogP contribution in [0.2, 0.25) is 0 Å². The van der Waals surface area contributed by atoms with E-state index in [9.17, 15) is 17.4 Å². The number of nitrogen functional groups attached to an aromatic ring is 1. The fraction of sp³-hybridized carbons (Fsp3) is 0.200. The van der Waals surface area contributed by atoms with Crippen LogP contribution in [0, 0.1) is 5.82 Å². The van der Waals surface area contributed by atoms with Gasteiger partial charge >= 0.3 is 0 Å². The molecule has 0 spiro atoms. The van der Waals surface area contributed by atoms with Gasteiger partial charge in [0.1, 0.15) is 16.5 Å². The number of anilines is 1. The van der Waals surface area contributed by atoms with Gasteiger partial charge in [0, 0.05) is 15.5 Å². The molecular weight excluding hydrogens is 357 g/mol. The summed E-state index contributed by atoms with van der Waals surface area (Å²) in [5, 5.41) is 0. The zero-order valence-corrected chi connectivity index (χ0v) is 15.2. The zero-order valence-electron chi connectivity index (χ0n) is 12.7. The molecule has 0 fully saturated rings. The molecule has 126 valence electrons. The molecule has 0 aliphatic heterocycles. The average molecular weight is 376 g/mol. The Labute approximate surface area is 144 Å². The number of hydrogen-bond acceptors (Lipinski definition) is 5. The van der Waals surface area contributed by atoms with E-state index in [1.54, 1.807) is 48.9 Å². The second-order valence-corrected chi connectivity index (χ2v) is 8.19. The van der Waals surface area contributed by atoms with E-state index in [1.165, 1.54) is 17.8 Å². The first kappa shape index (κ1) is 19.8. The Morgan fingerprint density at radius 1 is 1.17 bits per heavy atom. The molecule has 0 aliphatic carbocycles. The van der Waals surface area contributed by atoms with Crippen molar-refractivity contribution in [3.63, 3.8) is 0 Å². The van der Waals surface area contributed by atoms with Crippen molar-refractivity contribution in [3.8, 4) is 0 Å². The summed E-state index contributed by atoms with van der Waals surface area (Å²) in [7, 11) is -2.47. The van der Waals surface area contributed by atoms with E-state index < -0.39 is 21.9 Å². The number of rotatable bonds is 4. The molecule has 2 aromatic carbocycles. The molecule has 2 aromatic rings. The van der Waals surface area contributed by atoms with Crippen molar-refractivity contribution < 1.29 is 17.4 Å². The normalized spacial score (nSPS) is 10.5. The van der Waals surface area contributed by atoms with Crippen molar-refractivity contribution in [1.29, 1.82) is 0 Å². The first-order chi connectivity index (χ1) is 10.8. The van der Waals surface area contributed by atoms with E-state index in [0.29, 0.717) is 21.0 Å². The van der Waals surface area contributed by atoms with Gasteiger partial charge in [-0.15, -0.1) is 0 Å². The molecule has 0 unspecified atom stereocenters. The molecular formula is C15H18FNO3S3. The van der Waals surface area contributed by atoms with Crippen LogP contribution in [0.3, 0.4) is 0 Å². The van der Waals surface area contributed by atoms with Gasteiger partial charge < -0.3 is 10.3 Å². The van der Waals surface area contributed by atoms with Gasteiger partial charge in [-0.05, 0) is 29.8 Å². The predicted molar refractivity (Wildman–Crippen MR) is 95.4 cm³/mol. The van der Waals surface area contributed by atoms with E-state index in [2.05, 4.69) is 0 Å². The molecule has 0 heterocycles. The monoisotopic (exact) mass is 375 g/mol. The van der Waals surface area contributed by atoms with E-state index in [-0.39, 0.29) is 11.6 Å². The molecule has 2 N–H and O–H groups in total. The lowest BCUT2D eigenvalue weighted by molar-refractivity contribution is 0.602. The van der Waals surface area contributed by atoms with Crippen LogP contribution in [0.4, 0.5) is 10.1 Å². The smallest absolute Gasteiger partial charge is 0.144 e. The van der Waals surface area contributed by atoms with Crippen molar-refractivity contribution >= 4 is 39.3 Å². The van der Waals surface area contributed by atoms with Gasteiger partial charge in [0.2, 0.25) is 0 Å². The molecule has 0 bridgehead atoms. The Balaban J connectivity index is 0.000000593. The van der Waals surface area contributed by atoms with Gasteiger partial charge in [-0.2, -0.15) is 0 Å². The molecule has 0 aliphatic rings. The number of hydrogen-bond donors (Lipinski definition) is 2. The Bertz CT molecular complexity index is 710. The van der Waals surface area contributed by atoms with E-state index in [1.807, 2.05) is 0 Å². The van der Waals surface area contributed by atoms with Crippen LogP contribution in [0.1, 0.15) is 5.56 Å². The summed E-state index contributed by atoms with van der Waals surface area (Å²) in [4.78, 5) is 1.19. The van der Waals surface area contributed by atoms with Gasteiger partial charge in [-0.1, -0.05) is 41.1 Å². The summed E-state index contributed by atoms with van der Waals surface area (Å²) in [5.41, 5.74) is 6.93. The van der Waals surface area contributed by atoms with Gasteiger partial charge in [0.05, 0.1) is 18.3 Å². The number of benzene rings is 2. The molecule has 8 heteroatoms. The van der Waals surface area contributed by atoms with Crippen LogP contribution in [0.25, 0.3) is 0 Å². The van der Waals surface area contributed by atoms with Crippen LogP contribution in [-0.4, -0.2) is 25.5 Å². The highest BCUT2D eigenvalue weighted by molar-refractivity contribution is 7.99. The first-order valence-corrected chi connectivity index (χ1v) is 10.6. The van der Waals surface area contributed by atoms with Crippen LogP contribution >= 0.6 is 11.8 Å². The summed E-state index contributed by atoms with van der Waals surface area (Å²) in [6.45, 7) is 0. The summed E-state index contributed by atoms with van der Waals surface area (Å²) >= 11 is 0.606. The molecule has 0 saturated carbocycles. The molecule has 0 amide bonds. The van der Waals surface area contributed by atoms with Crippen LogP contribution in [-0.2, 0) is 27.6 Å². The average Bonchev–Trinajstić information content (AvgIpc) is 2.43. The van der Waals surface area contributed by atoms with Crippen molar-refractivity contribution in [3.05, 3.63) is 53.8 Å².